The quantitative estimate of drug-likeness (QED) is 0.677. The Bertz CT molecular complexity index is 247. The molecule has 1 heterocycles. The van der Waals surface area contributed by atoms with Crippen LogP contribution in [0.2, 0.25) is 0 Å². The summed E-state index contributed by atoms with van der Waals surface area (Å²) < 4.78 is 5.51. The van der Waals surface area contributed by atoms with Gasteiger partial charge in [-0.25, -0.2) is 0 Å². The molecule has 5 heteroatoms. The van der Waals surface area contributed by atoms with E-state index in [0.717, 1.165) is 25.9 Å². The molecule has 0 aromatic rings. The van der Waals surface area contributed by atoms with Crippen molar-refractivity contribution in [3.8, 4) is 0 Å². The number of likely N-dealkylation sites (tertiary alicyclic amines) is 1. The fraction of sp³-hybridized carbons (Fsp3) is 0.909. The van der Waals surface area contributed by atoms with E-state index >= 15 is 0 Å². The van der Waals surface area contributed by atoms with Crippen LogP contribution < -0.4 is 11.5 Å². The number of carbonyl (C=O) groups is 1. The zero-order valence-electron chi connectivity index (χ0n) is 10.2. The van der Waals surface area contributed by atoms with E-state index in [-0.39, 0.29) is 17.6 Å². The summed E-state index contributed by atoms with van der Waals surface area (Å²) >= 11 is 0. The zero-order valence-corrected chi connectivity index (χ0v) is 10.2. The molecule has 0 aromatic heterocycles. The normalized spacial score (nSPS) is 28.9. The number of amides is 1. The van der Waals surface area contributed by atoms with Crippen molar-refractivity contribution in [2.24, 2.45) is 11.5 Å². The van der Waals surface area contributed by atoms with E-state index in [1.165, 1.54) is 0 Å². The Kier molecular flexibility index (Phi) is 4.70. The summed E-state index contributed by atoms with van der Waals surface area (Å²) in [4.78, 5) is 13.2. The van der Waals surface area contributed by atoms with Crippen LogP contribution in [0.15, 0.2) is 0 Å². The Balaban J connectivity index is 2.60. The third-order valence-corrected chi connectivity index (χ3v) is 3.41. The van der Waals surface area contributed by atoms with Gasteiger partial charge in [0.05, 0.1) is 5.60 Å². The second kappa shape index (κ2) is 5.61. The fourth-order valence-electron chi connectivity index (χ4n) is 2.32. The molecule has 1 fully saturated rings. The van der Waals surface area contributed by atoms with Gasteiger partial charge in [-0.2, -0.15) is 0 Å². The molecule has 1 aliphatic rings. The molecule has 2 atom stereocenters. The van der Waals surface area contributed by atoms with Gasteiger partial charge in [-0.05, 0) is 26.3 Å². The van der Waals surface area contributed by atoms with Crippen LogP contribution in [-0.2, 0) is 9.53 Å². The number of ether oxygens (including phenoxy) is 1. The highest BCUT2D eigenvalue weighted by atomic mass is 16.5. The van der Waals surface area contributed by atoms with Gasteiger partial charge < -0.3 is 16.2 Å². The lowest BCUT2D eigenvalue weighted by molar-refractivity contribution is -0.120. The van der Waals surface area contributed by atoms with Crippen molar-refractivity contribution >= 4 is 5.91 Å². The smallest absolute Gasteiger partial charge is 0.219 e. The largest absolute Gasteiger partial charge is 0.377 e. The molecule has 94 valence electrons. The molecule has 0 saturated carbocycles. The van der Waals surface area contributed by atoms with Gasteiger partial charge in [0.25, 0.3) is 0 Å². The number of nitrogens with zero attached hydrogens (tertiary/aromatic N) is 1. The van der Waals surface area contributed by atoms with Crippen LogP contribution >= 0.6 is 0 Å². The summed E-state index contributed by atoms with van der Waals surface area (Å²) in [5.41, 5.74) is 10.8. The molecule has 1 amide bonds. The van der Waals surface area contributed by atoms with Gasteiger partial charge in [-0.15, -0.1) is 0 Å². The first kappa shape index (κ1) is 13.4. The Morgan fingerprint density at radius 3 is 2.81 bits per heavy atom. The third kappa shape index (κ3) is 3.43. The summed E-state index contributed by atoms with van der Waals surface area (Å²) in [6.07, 6.45) is 2.45. The summed E-state index contributed by atoms with van der Waals surface area (Å²) in [6, 6.07) is 0.0484. The Labute approximate surface area is 97.1 Å². The molecule has 5 nitrogen and oxygen atoms in total. The molecule has 0 aromatic carbocycles. The number of piperidine rings is 1. The summed E-state index contributed by atoms with van der Waals surface area (Å²) in [5, 5.41) is 0. The van der Waals surface area contributed by atoms with Crippen molar-refractivity contribution in [2.45, 2.75) is 37.8 Å². The van der Waals surface area contributed by atoms with Crippen LogP contribution in [-0.4, -0.2) is 49.2 Å². The molecular weight excluding hydrogens is 206 g/mol. The molecule has 1 saturated heterocycles. The SMILES string of the molecule is COC1(C)CCCN(C(CN)CC(N)=O)C1. The third-order valence-electron chi connectivity index (χ3n) is 3.41. The summed E-state index contributed by atoms with van der Waals surface area (Å²) in [7, 11) is 1.73. The minimum atomic E-state index is -0.292. The maximum atomic E-state index is 11.0. The van der Waals surface area contributed by atoms with Crippen molar-refractivity contribution in [3.63, 3.8) is 0 Å². The number of nitrogens with two attached hydrogens (primary N) is 2. The molecule has 2 unspecified atom stereocenters. The first-order chi connectivity index (χ1) is 7.50. The highest BCUT2D eigenvalue weighted by Gasteiger charge is 2.33. The monoisotopic (exact) mass is 229 g/mol. The lowest BCUT2D eigenvalue weighted by Gasteiger charge is -2.42. The van der Waals surface area contributed by atoms with E-state index in [2.05, 4.69) is 11.8 Å². The molecular formula is C11H23N3O2. The Morgan fingerprint density at radius 2 is 2.31 bits per heavy atom. The lowest BCUT2D eigenvalue weighted by atomic mass is 9.93. The molecule has 16 heavy (non-hydrogen) atoms. The van der Waals surface area contributed by atoms with Crippen LogP contribution in [0.5, 0.6) is 0 Å². The maximum absolute atomic E-state index is 11.0. The zero-order chi connectivity index (χ0) is 12.2. The van der Waals surface area contributed by atoms with Crippen molar-refractivity contribution < 1.29 is 9.53 Å². The van der Waals surface area contributed by atoms with Gasteiger partial charge in [-0.1, -0.05) is 0 Å². The van der Waals surface area contributed by atoms with Crippen LogP contribution in [0.25, 0.3) is 0 Å². The number of hydrogen-bond donors (Lipinski definition) is 2. The molecule has 1 aliphatic heterocycles. The predicted octanol–water partition coefficient (Wildman–Crippen LogP) is -0.310. The second-order valence-corrected chi connectivity index (χ2v) is 4.79. The molecule has 1 rings (SSSR count). The van der Waals surface area contributed by atoms with E-state index in [0.29, 0.717) is 13.0 Å². The van der Waals surface area contributed by atoms with Gasteiger partial charge >= 0.3 is 0 Å². The summed E-state index contributed by atoms with van der Waals surface area (Å²) in [5.74, 6) is -0.292. The van der Waals surface area contributed by atoms with Gasteiger partial charge in [0.15, 0.2) is 0 Å². The number of rotatable bonds is 5. The first-order valence-corrected chi connectivity index (χ1v) is 5.78. The maximum Gasteiger partial charge on any atom is 0.219 e. The van der Waals surface area contributed by atoms with Crippen molar-refractivity contribution in [1.82, 2.24) is 4.90 Å². The number of methoxy groups -OCH3 is 1. The van der Waals surface area contributed by atoms with Crippen LogP contribution in [0.3, 0.4) is 0 Å². The Morgan fingerprint density at radius 1 is 1.62 bits per heavy atom. The highest BCUT2D eigenvalue weighted by Crippen LogP contribution is 2.25. The van der Waals surface area contributed by atoms with Crippen LogP contribution in [0.4, 0.5) is 0 Å². The van der Waals surface area contributed by atoms with Crippen LogP contribution in [0.1, 0.15) is 26.2 Å². The highest BCUT2D eigenvalue weighted by molar-refractivity contribution is 5.74. The predicted molar refractivity (Wildman–Crippen MR) is 62.9 cm³/mol. The van der Waals surface area contributed by atoms with E-state index in [1.54, 1.807) is 7.11 Å². The average Bonchev–Trinajstić information content (AvgIpc) is 2.25. The molecule has 0 aliphatic carbocycles. The number of carbonyl (C=O) groups excluding carboxylic acids is 1. The van der Waals surface area contributed by atoms with Gasteiger partial charge in [0.1, 0.15) is 0 Å². The second-order valence-electron chi connectivity index (χ2n) is 4.79. The van der Waals surface area contributed by atoms with E-state index in [1.807, 2.05) is 0 Å². The van der Waals surface area contributed by atoms with Crippen molar-refractivity contribution in [3.05, 3.63) is 0 Å². The number of primary amides is 1. The molecule has 0 spiro atoms. The standard InChI is InChI=1S/C11H23N3O2/c1-11(16-2)4-3-5-14(8-11)9(7-12)6-10(13)15/h9H,3-8,12H2,1-2H3,(H2,13,15). The Hall–Kier alpha value is -0.650. The minimum Gasteiger partial charge on any atom is -0.377 e. The van der Waals surface area contributed by atoms with E-state index in [4.69, 9.17) is 16.2 Å². The molecule has 0 bridgehead atoms. The van der Waals surface area contributed by atoms with Crippen molar-refractivity contribution in [2.75, 3.05) is 26.7 Å². The van der Waals surface area contributed by atoms with Gasteiger partial charge in [0, 0.05) is 32.7 Å². The van der Waals surface area contributed by atoms with E-state index in [9.17, 15) is 4.79 Å². The van der Waals surface area contributed by atoms with E-state index < -0.39 is 0 Å². The minimum absolute atomic E-state index is 0.0484. The number of hydrogen-bond acceptors (Lipinski definition) is 4. The summed E-state index contributed by atoms with van der Waals surface area (Å²) in [6.45, 7) is 4.34. The average molecular weight is 229 g/mol. The van der Waals surface area contributed by atoms with Crippen LogP contribution in [0, 0.1) is 0 Å². The lowest BCUT2D eigenvalue weighted by Crippen LogP contribution is -2.54. The van der Waals surface area contributed by atoms with Gasteiger partial charge in [0.2, 0.25) is 5.91 Å². The van der Waals surface area contributed by atoms with Gasteiger partial charge in [-0.3, -0.25) is 9.69 Å². The molecule has 0 radical (unpaired) electrons. The van der Waals surface area contributed by atoms with Crippen molar-refractivity contribution in [1.29, 1.82) is 0 Å². The molecule has 4 N–H and O–H groups in total. The fourth-order valence-corrected chi connectivity index (χ4v) is 2.32. The topological polar surface area (TPSA) is 81.6 Å². The first-order valence-electron chi connectivity index (χ1n) is 5.78.